The number of aromatic nitrogens is 2. The second-order valence-corrected chi connectivity index (χ2v) is 7.64. The number of fused-ring (bicyclic) bond motifs is 1. The first-order chi connectivity index (χ1) is 14.4. The molecule has 0 aliphatic carbocycles. The Morgan fingerprint density at radius 1 is 1.13 bits per heavy atom. The number of amides is 2. The van der Waals surface area contributed by atoms with E-state index in [4.69, 9.17) is 4.42 Å². The van der Waals surface area contributed by atoms with Crippen molar-refractivity contribution in [2.45, 2.75) is 13.8 Å². The standard InChI is InChI=1S/C21H18N4O4S/c1-11-16(18(26)20(28)24-21-22-7-9-30-21)12(2)25(3)17(11)19(27)23-14-4-5-15-13(10-14)6-8-29-15/h4-10H,1-3H3,(H,23,27)(H,22,24,28). The number of nitrogens with zero attached hydrogens (tertiary/aromatic N) is 2. The van der Waals surface area contributed by atoms with Gasteiger partial charge in [0, 0.05) is 35.4 Å². The number of furan rings is 1. The highest BCUT2D eigenvalue weighted by atomic mass is 32.1. The summed E-state index contributed by atoms with van der Waals surface area (Å²) in [5.41, 5.74) is 2.81. The summed E-state index contributed by atoms with van der Waals surface area (Å²) in [6.45, 7) is 3.36. The van der Waals surface area contributed by atoms with Gasteiger partial charge in [-0.15, -0.1) is 11.3 Å². The summed E-state index contributed by atoms with van der Waals surface area (Å²) in [5, 5.41) is 8.23. The van der Waals surface area contributed by atoms with Gasteiger partial charge >= 0.3 is 0 Å². The molecule has 0 bridgehead atoms. The first-order valence-corrected chi connectivity index (χ1v) is 9.94. The van der Waals surface area contributed by atoms with Crippen LogP contribution in [-0.2, 0) is 11.8 Å². The highest BCUT2D eigenvalue weighted by Crippen LogP contribution is 2.25. The second-order valence-electron chi connectivity index (χ2n) is 6.74. The van der Waals surface area contributed by atoms with E-state index in [0.29, 0.717) is 27.8 Å². The van der Waals surface area contributed by atoms with Crippen LogP contribution in [0.4, 0.5) is 10.8 Å². The number of carbonyl (C=O) groups is 3. The molecule has 3 aromatic heterocycles. The maximum atomic E-state index is 13.0. The van der Waals surface area contributed by atoms with Crippen LogP contribution in [0.5, 0.6) is 0 Å². The predicted molar refractivity (Wildman–Crippen MR) is 114 cm³/mol. The molecule has 9 heteroatoms. The first kappa shape index (κ1) is 19.6. The third kappa shape index (κ3) is 3.39. The molecule has 4 aromatic rings. The van der Waals surface area contributed by atoms with Crippen LogP contribution in [0, 0.1) is 13.8 Å². The number of thiazole rings is 1. The Morgan fingerprint density at radius 2 is 1.93 bits per heavy atom. The van der Waals surface area contributed by atoms with E-state index in [-0.39, 0.29) is 11.5 Å². The van der Waals surface area contributed by atoms with E-state index in [2.05, 4.69) is 15.6 Å². The molecule has 0 saturated heterocycles. The maximum absolute atomic E-state index is 13.0. The SMILES string of the molecule is Cc1c(C(=O)C(=O)Nc2nccs2)c(C)n(C)c1C(=O)Nc1ccc2occc2c1. The highest BCUT2D eigenvalue weighted by Gasteiger charge is 2.28. The van der Waals surface area contributed by atoms with Gasteiger partial charge < -0.3 is 14.3 Å². The lowest BCUT2D eigenvalue weighted by Crippen LogP contribution is -2.24. The fraction of sp³-hybridized carbons (Fsp3) is 0.143. The lowest BCUT2D eigenvalue weighted by Gasteiger charge is -2.08. The third-order valence-corrected chi connectivity index (χ3v) is 5.63. The molecule has 152 valence electrons. The van der Waals surface area contributed by atoms with Gasteiger partial charge in [-0.2, -0.15) is 0 Å². The van der Waals surface area contributed by atoms with Crippen molar-refractivity contribution in [1.82, 2.24) is 9.55 Å². The summed E-state index contributed by atoms with van der Waals surface area (Å²) >= 11 is 1.22. The van der Waals surface area contributed by atoms with Crippen LogP contribution in [0.1, 0.15) is 32.1 Å². The molecule has 0 spiro atoms. The smallest absolute Gasteiger partial charge is 0.298 e. The molecule has 30 heavy (non-hydrogen) atoms. The minimum absolute atomic E-state index is 0.210. The minimum atomic E-state index is -0.792. The van der Waals surface area contributed by atoms with Gasteiger partial charge in [0.1, 0.15) is 11.3 Å². The molecule has 4 rings (SSSR count). The fourth-order valence-corrected chi connectivity index (χ4v) is 3.95. The van der Waals surface area contributed by atoms with Gasteiger partial charge in [-0.05, 0) is 43.7 Å². The van der Waals surface area contributed by atoms with Gasteiger partial charge in [0.15, 0.2) is 5.13 Å². The molecule has 0 fully saturated rings. The van der Waals surface area contributed by atoms with Crippen molar-refractivity contribution >= 4 is 50.7 Å². The Balaban J connectivity index is 1.61. The van der Waals surface area contributed by atoms with Crippen molar-refractivity contribution in [3.8, 4) is 0 Å². The van der Waals surface area contributed by atoms with E-state index < -0.39 is 11.7 Å². The van der Waals surface area contributed by atoms with Crippen molar-refractivity contribution in [2.75, 3.05) is 10.6 Å². The van der Waals surface area contributed by atoms with Gasteiger partial charge in [0.25, 0.3) is 17.6 Å². The van der Waals surface area contributed by atoms with Crippen LogP contribution in [0.2, 0.25) is 0 Å². The van der Waals surface area contributed by atoms with Gasteiger partial charge in [0.2, 0.25) is 0 Å². The van der Waals surface area contributed by atoms with Crippen LogP contribution >= 0.6 is 11.3 Å². The van der Waals surface area contributed by atoms with E-state index in [9.17, 15) is 14.4 Å². The lowest BCUT2D eigenvalue weighted by atomic mass is 10.0. The van der Waals surface area contributed by atoms with Gasteiger partial charge in [-0.25, -0.2) is 4.98 Å². The Labute approximate surface area is 175 Å². The van der Waals surface area contributed by atoms with Crippen molar-refractivity contribution in [3.63, 3.8) is 0 Å². The number of rotatable bonds is 5. The Hall–Kier alpha value is -3.72. The number of benzene rings is 1. The number of anilines is 2. The van der Waals surface area contributed by atoms with Gasteiger partial charge in [-0.1, -0.05) is 0 Å². The Morgan fingerprint density at radius 3 is 2.67 bits per heavy atom. The van der Waals surface area contributed by atoms with Crippen LogP contribution in [-0.4, -0.2) is 27.1 Å². The van der Waals surface area contributed by atoms with E-state index in [1.807, 2.05) is 0 Å². The van der Waals surface area contributed by atoms with Crippen molar-refractivity contribution in [2.24, 2.45) is 7.05 Å². The average molecular weight is 422 g/mol. The van der Waals surface area contributed by atoms with Crippen LogP contribution in [0.25, 0.3) is 11.0 Å². The number of carbonyl (C=O) groups excluding carboxylic acids is 3. The van der Waals surface area contributed by atoms with Crippen LogP contribution in [0.15, 0.2) is 46.5 Å². The average Bonchev–Trinajstić information content (AvgIpc) is 3.42. The van der Waals surface area contributed by atoms with Crippen LogP contribution < -0.4 is 10.6 Å². The zero-order chi connectivity index (χ0) is 21.4. The normalized spacial score (nSPS) is 10.9. The molecule has 0 aliphatic rings. The summed E-state index contributed by atoms with van der Waals surface area (Å²) in [7, 11) is 1.69. The molecule has 0 saturated carbocycles. The predicted octanol–water partition coefficient (Wildman–Crippen LogP) is 3.92. The molecule has 0 unspecified atom stereocenters. The van der Waals surface area contributed by atoms with E-state index in [1.165, 1.54) is 17.5 Å². The van der Waals surface area contributed by atoms with Gasteiger partial charge in [-0.3, -0.25) is 19.7 Å². The topological polar surface area (TPSA) is 106 Å². The molecule has 0 atom stereocenters. The number of ketones is 1. The quantitative estimate of drug-likeness (QED) is 0.375. The number of nitrogens with one attached hydrogen (secondary N) is 2. The number of Topliss-reactive ketones (excluding diaryl/α,β-unsaturated/α-hetero) is 1. The summed E-state index contributed by atoms with van der Waals surface area (Å²) < 4.78 is 6.93. The largest absolute Gasteiger partial charge is 0.464 e. The first-order valence-electron chi connectivity index (χ1n) is 9.06. The summed E-state index contributed by atoms with van der Waals surface area (Å²) in [6.07, 6.45) is 3.11. The zero-order valence-electron chi connectivity index (χ0n) is 16.5. The Bertz CT molecular complexity index is 1280. The molecule has 8 nitrogen and oxygen atoms in total. The molecule has 2 amide bonds. The molecule has 1 aromatic carbocycles. The number of hydrogen-bond acceptors (Lipinski definition) is 6. The molecular weight excluding hydrogens is 404 g/mol. The molecular formula is C21H18N4O4S. The number of hydrogen-bond donors (Lipinski definition) is 2. The van der Waals surface area contributed by atoms with E-state index in [1.54, 1.807) is 61.4 Å². The van der Waals surface area contributed by atoms with Crippen molar-refractivity contribution in [1.29, 1.82) is 0 Å². The fourth-order valence-electron chi connectivity index (χ4n) is 3.42. The molecule has 0 radical (unpaired) electrons. The summed E-state index contributed by atoms with van der Waals surface area (Å²) in [6, 6.07) is 7.12. The molecule has 3 heterocycles. The minimum Gasteiger partial charge on any atom is -0.464 e. The third-order valence-electron chi connectivity index (χ3n) is 4.94. The van der Waals surface area contributed by atoms with Gasteiger partial charge in [0.05, 0.1) is 11.8 Å². The van der Waals surface area contributed by atoms with E-state index in [0.717, 1.165) is 11.0 Å². The monoisotopic (exact) mass is 422 g/mol. The second kappa shape index (κ2) is 7.60. The lowest BCUT2D eigenvalue weighted by molar-refractivity contribution is -0.112. The summed E-state index contributed by atoms with van der Waals surface area (Å²) in [5.74, 6) is -1.88. The van der Waals surface area contributed by atoms with Crippen molar-refractivity contribution in [3.05, 3.63) is 64.6 Å². The maximum Gasteiger partial charge on any atom is 0.298 e. The summed E-state index contributed by atoms with van der Waals surface area (Å²) in [4.78, 5) is 42.1. The molecule has 0 aliphatic heterocycles. The molecule has 2 N–H and O–H groups in total. The highest BCUT2D eigenvalue weighted by molar-refractivity contribution is 7.13. The Kier molecular flexibility index (Phi) is 4.96. The zero-order valence-corrected chi connectivity index (χ0v) is 17.3. The van der Waals surface area contributed by atoms with E-state index >= 15 is 0 Å². The van der Waals surface area contributed by atoms with Crippen LogP contribution in [0.3, 0.4) is 0 Å². The van der Waals surface area contributed by atoms with Crippen molar-refractivity contribution < 1.29 is 18.8 Å².